The Morgan fingerprint density at radius 3 is 3.05 bits per heavy atom. The highest BCUT2D eigenvalue weighted by atomic mass is 32.2. The Labute approximate surface area is 125 Å². The molecule has 0 bridgehead atoms. The van der Waals surface area contributed by atoms with E-state index in [2.05, 4.69) is 54.3 Å². The molecule has 2 N–H and O–H groups in total. The molecule has 0 radical (unpaired) electrons. The second kappa shape index (κ2) is 7.70. The molecule has 0 saturated carbocycles. The Bertz CT molecular complexity index is 536. The van der Waals surface area contributed by atoms with Crippen LogP contribution in [0, 0.1) is 6.92 Å². The molecule has 4 heteroatoms. The van der Waals surface area contributed by atoms with E-state index in [0.717, 1.165) is 28.5 Å². The van der Waals surface area contributed by atoms with Crippen LogP contribution in [0.1, 0.15) is 38.7 Å². The van der Waals surface area contributed by atoms with Crippen molar-refractivity contribution in [3.05, 3.63) is 23.8 Å². The fraction of sp³-hybridized carbons (Fsp3) is 0.562. The average Bonchev–Trinajstić information content (AvgIpc) is 2.83. The molecule has 0 aliphatic heterocycles. The number of aromatic amines is 1. The third kappa shape index (κ3) is 4.53. The Morgan fingerprint density at radius 1 is 1.40 bits per heavy atom. The molecule has 0 aliphatic carbocycles. The van der Waals surface area contributed by atoms with Gasteiger partial charge in [0.2, 0.25) is 0 Å². The summed E-state index contributed by atoms with van der Waals surface area (Å²) in [6.45, 7) is 7.71. The molecular formula is C16H25N3S. The van der Waals surface area contributed by atoms with Crippen molar-refractivity contribution < 1.29 is 0 Å². The zero-order valence-corrected chi connectivity index (χ0v) is 13.5. The van der Waals surface area contributed by atoms with Crippen molar-refractivity contribution in [1.29, 1.82) is 0 Å². The lowest BCUT2D eigenvalue weighted by Crippen LogP contribution is -2.26. The van der Waals surface area contributed by atoms with Crippen LogP contribution in [0.3, 0.4) is 0 Å². The second-order valence-electron chi connectivity index (χ2n) is 5.41. The lowest BCUT2D eigenvalue weighted by atomic mass is 10.2. The maximum Gasteiger partial charge on any atom is 0.166 e. The molecule has 110 valence electrons. The molecule has 20 heavy (non-hydrogen) atoms. The van der Waals surface area contributed by atoms with Gasteiger partial charge in [-0.25, -0.2) is 4.98 Å². The summed E-state index contributed by atoms with van der Waals surface area (Å²) in [6, 6.07) is 6.97. The first-order valence-corrected chi connectivity index (χ1v) is 8.50. The number of hydrogen-bond donors (Lipinski definition) is 2. The molecule has 2 aromatic rings. The summed E-state index contributed by atoms with van der Waals surface area (Å²) < 4.78 is 0. The van der Waals surface area contributed by atoms with Crippen molar-refractivity contribution in [1.82, 2.24) is 15.3 Å². The van der Waals surface area contributed by atoms with Crippen LogP contribution in [0.15, 0.2) is 23.4 Å². The minimum atomic E-state index is 0.619. The van der Waals surface area contributed by atoms with Gasteiger partial charge in [0, 0.05) is 11.8 Å². The smallest absolute Gasteiger partial charge is 0.166 e. The van der Waals surface area contributed by atoms with E-state index in [1.165, 1.54) is 24.8 Å². The Morgan fingerprint density at radius 2 is 2.25 bits per heavy atom. The highest BCUT2D eigenvalue weighted by molar-refractivity contribution is 7.99. The summed E-state index contributed by atoms with van der Waals surface area (Å²) in [5.41, 5.74) is 3.48. The third-order valence-corrected chi connectivity index (χ3v) is 4.34. The van der Waals surface area contributed by atoms with E-state index in [1.54, 1.807) is 0 Å². The fourth-order valence-electron chi connectivity index (χ4n) is 2.22. The second-order valence-corrected chi connectivity index (χ2v) is 6.49. The molecule has 0 aliphatic rings. The van der Waals surface area contributed by atoms with Crippen molar-refractivity contribution >= 4 is 22.8 Å². The van der Waals surface area contributed by atoms with Gasteiger partial charge in [-0.15, -0.1) is 0 Å². The Balaban J connectivity index is 1.75. The first-order valence-electron chi connectivity index (χ1n) is 7.51. The van der Waals surface area contributed by atoms with Crippen LogP contribution >= 0.6 is 11.8 Å². The standard InChI is InChI=1S/C16H25N3S/c1-4-9-17-13(3)6-5-10-20-16-18-14-8-7-12(2)11-15(14)19-16/h7-8,11,13,17H,4-6,9-10H2,1-3H3,(H,18,19). The van der Waals surface area contributed by atoms with Crippen molar-refractivity contribution in [3.63, 3.8) is 0 Å². The van der Waals surface area contributed by atoms with Gasteiger partial charge in [-0.2, -0.15) is 0 Å². The molecular weight excluding hydrogens is 266 g/mol. The highest BCUT2D eigenvalue weighted by Gasteiger charge is 2.04. The number of hydrogen-bond acceptors (Lipinski definition) is 3. The molecule has 1 aromatic carbocycles. The monoisotopic (exact) mass is 291 g/mol. The van der Waals surface area contributed by atoms with Crippen LogP contribution in [0.5, 0.6) is 0 Å². The molecule has 1 atom stereocenters. The topological polar surface area (TPSA) is 40.7 Å². The molecule has 0 spiro atoms. The van der Waals surface area contributed by atoms with Gasteiger partial charge >= 0.3 is 0 Å². The number of nitrogens with one attached hydrogen (secondary N) is 2. The van der Waals surface area contributed by atoms with Gasteiger partial charge in [-0.1, -0.05) is 24.8 Å². The lowest BCUT2D eigenvalue weighted by Gasteiger charge is -2.12. The molecule has 3 nitrogen and oxygen atoms in total. The molecule has 0 fully saturated rings. The number of aryl methyl sites for hydroxylation is 1. The largest absolute Gasteiger partial charge is 0.333 e. The van der Waals surface area contributed by atoms with Crippen LogP contribution in [0.4, 0.5) is 0 Å². The SMILES string of the molecule is CCCNC(C)CCCSc1nc2ccc(C)cc2[nH]1. The van der Waals surface area contributed by atoms with E-state index in [-0.39, 0.29) is 0 Å². The number of fused-ring (bicyclic) bond motifs is 1. The number of imidazole rings is 1. The van der Waals surface area contributed by atoms with Crippen LogP contribution in [0.25, 0.3) is 11.0 Å². The maximum absolute atomic E-state index is 4.61. The maximum atomic E-state index is 4.61. The van der Waals surface area contributed by atoms with E-state index in [9.17, 15) is 0 Å². The number of benzene rings is 1. The van der Waals surface area contributed by atoms with Gasteiger partial charge in [0.1, 0.15) is 0 Å². The predicted molar refractivity (Wildman–Crippen MR) is 88.5 cm³/mol. The summed E-state index contributed by atoms with van der Waals surface area (Å²) >= 11 is 1.82. The summed E-state index contributed by atoms with van der Waals surface area (Å²) in [5.74, 6) is 1.12. The zero-order valence-electron chi connectivity index (χ0n) is 12.7. The molecule has 0 saturated heterocycles. The van der Waals surface area contributed by atoms with Crippen LogP contribution < -0.4 is 5.32 Å². The summed E-state index contributed by atoms with van der Waals surface area (Å²) in [7, 11) is 0. The first kappa shape index (κ1) is 15.4. The van der Waals surface area contributed by atoms with Crippen molar-refractivity contribution in [2.45, 2.75) is 51.2 Å². The minimum absolute atomic E-state index is 0.619. The van der Waals surface area contributed by atoms with Gasteiger partial charge in [0.15, 0.2) is 5.16 Å². The number of nitrogens with zero attached hydrogens (tertiary/aromatic N) is 1. The number of aromatic nitrogens is 2. The van der Waals surface area contributed by atoms with E-state index in [4.69, 9.17) is 0 Å². The summed E-state index contributed by atoms with van der Waals surface area (Å²) in [5, 5.41) is 4.57. The lowest BCUT2D eigenvalue weighted by molar-refractivity contribution is 0.510. The van der Waals surface area contributed by atoms with Gasteiger partial charge < -0.3 is 10.3 Å². The molecule has 0 amide bonds. The van der Waals surface area contributed by atoms with E-state index >= 15 is 0 Å². The normalized spacial score (nSPS) is 12.9. The first-order chi connectivity index (χ1) is 9.69. The Kier molecular flexibility index (Phi) is 5.92. The fourth-order valence-corrected chi connectivity index (χ4v) is 3.07. The van der Waals surface area contributed by atoms with Crippen LogP contribution in [-0.2, 0) is 0 Å². The van der Waals surface area contributed by atoms with Gasteiger partial charge in [0.05, 0.1) is 11.0 Å². The van der Waals surface area contributed by atoms with Gasteiger partial charge in [-0.05, 0) is 57.4 Å². The molecule has 1 heterocycles. The average molecular weight is 291 g/mol. The van der Waals surface area contributed by atoms with Crippen LogP contribution in [0.2, 0.25) is 0 Å². The summed E-state index contributed by atoms with van der Waals surface area (Å²) in [4.78, 5) is 8.01. The minimum Gasteiger partial charge on any atom is -0.333 e. The summed E-state index contributed by atoms with van der Waals surface area (Å²) in [6.07, 6.45) is 3.66. The number of H-pyrrole nitrogens is 1. The Hall–Kier alpha value is -1.00. The van der Waals surface area contributed by atoms with Gasteiger partial charge in [-0.3, -0.25) is 0 Å². The molecule has 1 unspecified atom stereocenters. The van der Waals surface area contributed by atoms with E-state index < -0.39 is 0 Å². The van der Waals surface area contributed by atoms with Crippen molar-refractivity contribution in [2.75, 3.05) is 12.3 Å². The predicted octanol–water partition coefficient (Wildman–Crippen LogP) is 4.13. The highest BCUT2D eigenvalue weighted by Crippen LogP contribution is 2.21. The van der Waals surface area contributed by atoms with E-state index in [0.29, 0.717) is 6.04 Å². The molecule has 1 aromatic heterocycles. The van der Waals surface area contributed by atoms with Crippen LogP contribution in [-0.4, -0.2) is 28.3 Å². The quantitative estimate of drug-likeness (QED) is 0.567. The van der Waals surface area contributed by atoms with Crippen molar-refractivity contribution in [3.8, 4) is 0 Å². The number of rotatable bonds is 8. The van der Waals surface area contributed by atoms with Gasteiger partial charge in [0.25, 0.3) is 0 Å². The zero-order chi connectivity index (χ0) is 14.4. The molecule has 2 rings (SSSR count). The van der Waals surface area contributed by atoms with E-state index in [1.807, 2.05) is 11.8 Å². The van der Waals surface area contributed by atoms with Crippen molar-refractivity contribution in [2.24, 2.45) is 0 Å². The number of thioether (sulfide) groups is 1. The third-order valence-electron chi connectivity index (χ3n) is 3.38.